The van der Waals surface area contributed by atoms with Crippen molar-refractivity contribution in [2.24, 2.45) is 0 Å². The van der Waals surface area contributed by atoms with Crippen LogP contribution in [0.3, 0.4) is 0 Å². The van der Waals surface area contributed by atoms with Gasteiger partial charge in [-0.2, -0.15) is 5.10 Å². The molecule has 1 amide bonds. The Morgan fingerprint density at radius 3 is 2.63 bits per heavy atom. The number of carbonyl (C=O) groups excluding carboxylic acids is 1. The Balaban J connectivity index is 1.43. The molecule has 2 N–H and O–H groups in total. The molecule has 1 aromatic heterocycles. The van der Waals surface area contributed by atoms with Crippen molar-refractivity contribution in [3.8, 4) is 0 Å². The van der Waals surface area contributed by atoms with Gasteiger partial charge in [0, 0.05) is 29.1 Å². The zero-order valence-corrected chi connectivity index (χ0v) is 17.5. The van der Waals surface area contributed by atoms with Gasteiger partial charge in [-0.15, -0.1) is 0 Å². The molecule has 0 bridgehead atoms. The van der Waals surface area contributed by atoms with Crippen LogP contribution in [0.4, 0.5) is 0 Å². The zero-order chi connectivity index (χ0) is 20.9. The van der Waals surface area contributed by atoms with Crippen LogP contribution in [0.1, 0.15) is 51.1 Å². The van der Waals surface area contributed by atoms with Crippen molar-refractivity contribution in [1.82, 2.24) is 15.5 Å². The predicted octanol–water partition coefficient (Wildman–Crippen LogP) is 3.87. The number of nitrogens with one attached hydrogen (secondary N) is 2. The Kier molecular flexibility index (Phi) is 6.29. The van der Waals surface area contributed by atoms with Crippen LogP contribution in [0, 0.1) is 0 Å². The van der Waals surface area contributed by atoms with Crippen LogP contribution in [0.15, 0.2) is 53.3 Å². The Morgan fingerprint density at radius 1 is 1.03 bits per heavy atom. The van der Waals surface area contributed by atoms with Gasteiger partial charge in [-0.3, -0.25) is 9.59 Å². The van der Waals surface area contributed by atoms with E-state index in [-0.39, 0.29) is 11.5 Å². The van der Waals surface area contributed by atoms with E-state index in [1.807, 2.05) is 48.5 Å². The van der Waals surface area contributed by atoms with Crippen molar-refractivity contribution in [1.29, 1.82) is 0 Å². The van der Waals surface area contributed by atoms with Crippen molar-refractivity contribution >= 4 is 17.5 Å². The fourth-order valence-electron chi connectivity index (χ4n) is 4.00. The van der Waals surface area contributed by atoms with Gasteiger partial charge in [-0.05, 0) is 73.1 Å². The molecule has 154 valence electrons. The summed E-state index contributed by atoms with van der Waals surface area (Å²) < 4.78 is 0. The molecule has 30 heavy (non-hydrogen) atoms. The molecule has 1 aliphatic carbocycles. The van der Waals surface area contributed by atoms with E-state index in [4.69, 9.17) is 11.6 Å². The first-order valence-corrected chi connectivity index (χ1v) is 10.7. The standard InChI is InChI=1S/C24H24ClN3O2/c25-19-8-4-5-16(14-19)11-12-26-23(29)18-7-3-6-17(13-18)15-22-20-9-1-2-10-21(20)24(30)28-27-22/h3-8,13-14H,1-2,9-12,15H2,(H,26,29)(H,28,30). The largest absolute Gasteiger partial charge is 0.352 e. The molecule has 2 aromatic carbocycles. The van der Waals surface area contributed by atoms with Crippen LogP contribution >= 0.6 is 11.6 Å². The topological polar surface area (TPSA) is 74.8 Å². The lowest BCUT2D eigenvalue weighted by Gasteiger charge is -2.17. The SMILES string of the molecule is O=C(NCCc1cccc(Cl)c1)c1cccc(Cc2n[nH]c(=O)c3c2CCCC3)c1. The number of nitrogens with zero attached hydrogens (tertiary/aromatic N) is 1. The average Bonchev–Trinajstić information content (AvgIpc) is 2.76. The van der Waals surface area contributed by atoms with E-state index >= 15 is 0 Å². The number of H-pyrrole nitrogens is 1. The Morgan fingerprint density at radius 2 is 1.80 bits per heavy atom. The molecular formula is C24H24ClN3O2. The minimum Gasteiger partial charge on any atom is -0.352 e. The molecule has 5 nitrogen and oxygen atoms in total. The van der Waals surface area contributed by atoms with Gasteiger partial charge in [0.05, 0.1) is 5.69 Å². The second kappa shape index (κ2) is 9.26. The maximum atomic E-state index is 12.6. The number of hydrogen-bond acceptors (Lipinski definition) is 3. The molecule has 6 heteroatoms. The first-order valence-electron chi connectivity index (χ1n) is 10.3. The molecule has 4 rings (SSSR count). The molecule has 0 aliphatic heterocycles. The van der Waals surface area contributed by atoms with Crippen LogP contribution < -0.4 is 10.9 Å². The number of aromatic amines is 1. The van der Waals surface area contributed by atoms with Crippen LogP contribution in [0.5, 0.6) is 0 Å². The highest BCUT2D eigenvalue weighted by atomic mass is 35.5. The molecule has 0 spiro atoms. The monoisotopic (exact) mass is 421 g/mol. The summed E-state index contributed by atoms with van der Waals surface area (Å²) in [6.45, 7) is 0.540. The molecule has 0 atom stereocenters. The van der Waals surface area contributed by atoms with Crippen LogP contribution in [0.25, 0.3) is 0 Å². The van der Waals surface area contributed by atoms with Gasteiger partial charge in [-0.1, -0.05) is 35.9 Å². The summed E-state index contributed by atoms with van der Waals surface area (Å²) in [5.41, 5.74) is 5.51. The highest BCUT2D eigenvalue weighted by molar-refractivity contribution is 6.30. The summed E-state index contributed by atoms with van der Waals surface area (Å²) in [5.74, 6) is -0.102. The van der Waals surface area contributed by atoms with E-state index in [2.05, 4.69) is 15.5 Å². The van der Waals surface area contributed by atoms with Crippen LogP contribution in [0.2, 0.25) is 5.02 Å². The third-order valence-electron chi connectivity index (χ3n) is 5.53. The Hall–Kier alpha value is -2.92. The normalized spacial score (nSPS) is 13.0. The number of rotatable bonds is 6. The van der Waals surface area contributed by atoms with Crippen LogP contribution in [-0.4, -0.2) is 22.6 Å². The first kappa shape index (κ1) is 20.4. The quantitative estimate of drug-likeness (QED) is 0.634. The summed E-state index contributed by atoms with van der Waals surface area (Å²) in [6.07, 6.45) is 5.16. The van der Waals surface area contributed by atoms with Crippen molar-refractivity contribution in [3.05, 3.63) is 97.4 Å². The third-order valence-corrected chi connectivity index (χ3v) is 5.77. The van der Waals surface area contributed by atoms with Gasteiger partial charge in [0.2, 0.25) is 0 Å². The van der Waals surface area contributed by atoms with Crippen LogP contribution in [-0.2, 0) is 25.7 Å². The number of carbonyl (C=O) groups is 1. The summed E-state index contributed by atoms with van der Waals surface area (Å²) in [4.78, 5) is 24.6. The third kappa shape index (κ3) is 4.79. The number of fused-ring (bicyclic) bond motifs is 1. The highest BCUT2D eigenvalue weighted by Crippen LogP contribution is 2.22. The Bertz CT molecular complexity index is 1120. The lowest BCUT2D eigenvalue weighted by atomic mass is 9.90. The summed E-state index contributed by atoms with van der Waals surface area (Å²) >= 11 is 6.01. The number of aromatic nitrogens is 2. The number of amides is 1. The second-order valence-corrected chi connectivity index (χ2v) is 8.11. The Labute approximate surface area is 180 Å². The molecule has 0 saturated heterocycles. The molecule has 0 saturated carbocycles. The predicted molar refractivity (Wildman–Crippen MR) is 118 cm³/mol. The van der Waals surface area contributed by atoms with Crippen molar-refractivity contribution in [2.45, 2.75) is 38.5 Å². The maximum Gasteiger partial charge on any atom is 0.267 e. The number of benzene rings is 2. The van der Waals surface area contributed by atoms with Gasteiger partial charge in [-0.25, -0.2) is 5.10 Å². The molecule has 3 aromatic rings. The van der Waals surface area contributed by atoms with Gasteiger partial charge in [0.1, 0.15) is 0 Å². The van der Waals surface area contributed by atoms with Crippen molar-refractivity contribution < 1.29 is 4.79 Å². The minimum absolute atomic E-state index is 0.0683. The van der Waals surface area contributed by atoms with E-state index in [1.165, 1.54) is 0 Å². The molecular weight excluding hydrogens is 398 g/mol. The lowest BCUT2D eigenvalue weighted by Crippen LogP contribution is -2.26. The van der Waals surface area contributed by atoms with E-state index < -0.39 is 0 Å². The molecule has 0 fully saturated rings. The maximum absolute atomic E-state index is 12.6. The van der Waals surface area contributed by atoms with E-state index in [9.17, 15) is 9.59 Å². The van der Waals surface area contributed by atoms with Gasteiger partial charge in [0.15, 0.2) is 0 Å². The molecule has 1 aliphatic rings. The van der Waals surface area contributed by atoms with Crippen molar-refractivity contribution in [2.75, 3.05) is 6.54 Å². The highest BCUT2D eigenvalue weighted by Gasteiger charge is 2.18. The fourth-order valence-corrected chi connectivity index (χ4v) is 4.22. The average molecular weight is 422 g/mol. The van der Waals surface area contributed by atoms with Gasteiger partial charge < -0.3 is 5.32 Å². The summed E-state index contributed by atoms with van der Waals surface area (Å²) in [6, 6.07) is 15.2. The van der Waals surface area contributed by atoms with E-state index in [0.29, 0.717) is 23.6 Å². The molecule has 0 unspecified atom stereocenters. The lowest BCUT2D eigenvalue weighted by molar-refractivity contribution is 0.0954. The minimum atomic E-state index is -0.102. The van der Waals surface area contributed by atoms with Gasteiger partial charge in [0.25, 0.3) is 11.5 Å². The zero-order valence-electron chi connectivity index (χ0n) is 16.7. The number of hydrogen-bond donors (Lipinski definition) is 2. The summed E-state index contributed by atoms with van der Waals surface area (Å²) in [5, 5.41) is 10.6. The molecule has 1 heterocycles. The molecule has 0 radical (unpaired) electrons. The second-order valence-electron chi connectivity index (χ2n) is 7.68. The fraction of sp³-hybridized carbons (Fsp3) is 0.292. The van der Waals surface area contributed by atoms with Gasteiger partial charge >= 0.3 is 0 Å². The van der Waals surface area contributed by atoms with Crippen molar-refractivity contribution in [3.63, 3.8) is 0 Å². The van der Waals surface area contributed by atoms with E-state index in [0.717, 1.165) is 60.1 Å². The van der Waals surface area contributed by atoms with E-state index in [1.54, 1.807) is 0 Å². The summed E-state index contributed by atoms with van der Waals surface area (Å²) in [7, 11) is 0. The number of halogens is 1. The first-order chi connectivity index (χ1) is 14.6. The smallest absolute Gasteiger partial charge is 0.267 e.